The molecule has 0 aliphatic carbocycles. The van der Waals surface area contributed by atoms with Crippen molar-refractivity contribution in [3.05, 3.63) is 28.8 Å². The lowest BCUT2D eigenvalue weighted by molar-refractivity contribution is 0.0601. The van der Waals surface area contributed by atoms with Gasteiger partial charge in [-0.3, -0.25) is 0 Å². The Bertz CT molecular complexity index is 433. The third kappa shape index (κ3) is 3.33. The van der Waals surface area contributed by atoms with E-state index in [2.05, 4.69) is 5.32 Å². The summed E-state index contributed by atoms with van der Waals surface area (Å²) in [6, 6.07) is 5.35. The summed E-state index contributed by atoms with van der Waals surface area (Å²) in [6.45, 7) is 0.940. The first-order valence-corrected chi connectivity index (χ1v) is 7.43. The summed E-state index contributed by atoms with van der Waals surface area (Å²) in [4.78, 5) is 11.5. The second kappa shape index (κ2) is 6.34. The molecule has 2 rings (SSSR count). The van der Waals surface area contributed by atoms with Crippen LogP contribution >= 0.6 is 23.4 Å². The predicted molar refractivity (Wildman–Crippen MR) is 76.7 cm³/mol. The maximum atomic E-state index is 11.5. The van der Waals surface area contributed by atoms with Crippen molar-refractivity contribution in [2.75, 3.05) is 30.5 Å². The number of methoxy groups -OCH3 is 1. The number of thioether (sulfide) groups is 1. The standard InChI is InChI=1S/C13H16ClNO2S/c1-17-13(16)11-6-10(2-3-12(11)14)15-7-9-4-5-18-8-9/h2-3,6,9,15H,4-5,7-8H2,1H3. The van der Waals surface area contributed by atoms with Gasteiger partial charge in [0, 0.05) is 12.2 Å². The van der Waals surface area contributed by atoms with E-state index in [1.807, 2.05) is 17.8 Å². The zero-order valence-corrected chi connectivity index (χ0v) is 11.8. The average molecular weight is 286 g/mol. The molecule has 98 valence electrons. The number of ether oxygens (including phenoxy) is 1. The third-order valence-corrected chi connectivity index (χ3v) is 4.55. The second-order valence-corrected chi connectivity index (χ2v) is 5.85. The van der Waals surface area contributed by atoms with Crippen LogP contribution in [-0.2, 0) is 4.74 Å². The van der Waals surface area contributed by atoms with Crippen molar-refractivity contribution in [3.63, 3.8) is 0 Å². The van der Waals surface area contributed by atoms with Gasteiger partial charge in [0.05, 0.1) is 17.7 Å². The molecule has 5 heteroatoms. The zero-order valence-electron chi connectivity index (χ0n) is 10.2. The number of anilines is 1. The van der Waals surface area contributed by atoms with Gasteiger partial charge in [0.2, 0.25) is 0 Å². The van der Waals surface area contributed by atoms with Crippen LogP contribution in [0.25, 0.3) is 0 Å². The SMILES string of the molecule is COC(=O)c1cc(NCC2CCSC2)ccc1Cl. The number of esters is 1. The molecule has 1 fully saturated rings. The topological polar surface area (TPSA) is 38.3 Å². The number of hydrogen-bond acceptors (Lipinski definition) is 4. The van der Waals surface area contributed by atoms with E-state index in [1.54, 1.807) is 12.1 Å². The predicted octanol–water partition coefficient (Wildman–Crippen LogP) is 3.29. The lowest BCUT2D eigenvalue weighted by Crippen LogP contribution is -2.14. The number of carbonyl (C=O) groups excluding carboxylic acids is 1. The summed E-state index contributed by atoms with van der Waals surface area (Å²) in [6.07, 6.45) is 1.26. The first kappa shape index (κ1) is 13.6. The number of rotatable bonds is 4. The van der Waals surface area contributed by atoms with E-state index in [1.165, 1.54) is 25.0 Å². The highest BCUT2D eigenvalue weighted by atomic mass is 35.5. The van der Waals surface area contributed by atoms with E-state index in [9.17, 15) is 4.79 Å². The number of nitrogens with one attached hydrogen (secondary N) is 1. The molecule has 1 unspecified atom stereocenters. The third-order valence-electron chi connectivity index (χ3n) is 2.99. The van der Waals surface area contributed by atoms with Crippen LogP contribution in [0.1, 0.15) is 16.8 Å². The van der Waals surface area contributed by atoms with Gasteiger partial charge in [-0.05, 0) is 42.0 Å². The van der Waals surface area contributed by atoms with Crippen molar-refractivity contribution >= 4 is 35.0 Å². The molecule has 1 aliphatic rings. The number of halogens is 1. The van der Waals surface area contributed by atoms with Crippen LogP contribution in [0.2, 0.25) is 5.02 Å². The fourth-order valence-corrected chi connectivity index (χ4v) is 3.39. The number of hydrogen-bond donors (Lipinski definition) is 1. The van der Waals surface area contributed by atoms with Crippen LogP contribution in [-0.4, -0.2) is 31.1 Å². The van der Waals surface area contributed by atoms with Gasteiger partial charge in [-0.1, -0.05) is 11.6 Å². The minimum absolute atomic E-state index is 0.403. The summed E-state index contributed by atoms with van der Waals surface area (Å²) in [5.41, 5.74) is 1.32. The molecule has 0 saturated carbocycles. The van der Waals surface area contributed by atoms with Crippen molar-refractivity contribution < 1.29 is 9.53 Å². The van der Waals surface area contributed by atoms with E-state index in [0.29, 0.717) is 16.5 Å². The lowest BCUT2D eigenvalue weighted by Gasteiger charge is -2.12. The van der Waals surface area contributed by atoms with E-state index in [4.69, 9.17) is 16.3 Å². The molecule has 1 saturated heterocycles. The van der Waals surface area contributed by atoms with Gasteiger partial charge < -0.3 is 10.1 Å². The summed E-state index contributed by atoms with van der Waals surface area (Å²) in [7, 11) is 1.36. The molecule has 1 atom stereocenters. The van der Waals surface area contributed by atoms with Gasteiger partial charge >= 0.3 is 5.97 Å². The van der Waals surface area contributed by atoms with Gasteiger partial charge in [0.1, 0.15) is 0 Å². The molecule has 1 aliphatic heterocycles. The maximum absolute atomic E-state index is 11.5. The van der Waals surface area contributed by atoms with Gasteiger partial charge in [0.15, 0.2) is 0 Å². The summed E-state index contributed by atoms with van der Waals surface area (Å²) in [5.74, 6) is 2.78. The highest BCUT2D eigenvalue weighted by Gasteiger charge is 2.16. The Hall–Kier alpha value is -0.870. The van der Waals surface area contributed by atoms with Crippen molar-refractivity contribution in [3.8, 4) is 0 Å². The van der Waals surface area contributed by atoms with Crippen LogP contribution in [0.5, 0.6) is 0 Å². The average Bonchev–Trinajstić information content (AvgIpc) is 2.90. The number of benzene rings is 1. The first-order valence-electron chi connectivity index (χ1n) is 5.90. The monoisotopic (exact) mass is 285 g/mol. The lowest BCUT2D eigenvalue weighted by atomic mass is 10.1. The molecule has 1 aromatic carbocycles. The molecule has 0 spiro atoms. The summed E-state index contributed by atoms with van der Waals surface area (Å²) in [5, 5.41) is 3.77. The molecule has 0 amide bonds. The van der Waals surface area contributed by atoms with Crippen molar-refractivity contribution in [1.82, 2.24) is 0 Å². The van der Waals surface area contributed by atoms with Crippen molar-refractivity contribution in [1.29, 1.82) is 0 Å². The van der Waals surface area contributed by atoms with Crippen LogP contribution < -0.4 is 5.32 Å². The van der Waals surface area contributed by atoms with Crippen LogP contribution in [0.3, 0.4) is 0 Å². The normalized spacial score (nSPS) is 18.7. The molecule has 1 heterocycles. The molecule has 3 nitrogen and oxygen atoms in total. The molecular formula is C13H16ClNO2S. The van der Waals surface area contributed by atoms with Gasteiger partial charge in [-0.2, -0.15) is 11.8 Å². The number of carbonyl (C=O) groups is 1. The Kier molecular flexibility index (Phi) is 4.78. The molecule has 0 bridgehead atoms. The summed E-state index contributed by atoms with van der Waals surface area (Å²) >= 11 is 7.96. The minimum Gasteiger partial charge on any atom is -0.465 e. The molecule has 18 heavy (non-hydrogen) atoms. The van der Waals surface area contributed by atoms with E-state index < -0.39 is 5.97 Å². The highest BCUT2D eigenvalue weighted by Crippen LogP contribution is 2.25. The Labute approximate surface area is 116 Å². The Morgan fingerprint density at radius 2 is 2.44 bits per heavy atom. The Morgan fingerprint density at radius 1 is 1.61 bits per heavy atom. The Morgan fingerprint density at radius 3 is 3.11 bits per heavy atom. The maximum Gasteiger partial charge on any atom is 0.339 e. The van der Waals surface area contributed by atoms with Crippen molar-refractivity contribution in [2.24, 2.45) is 5.92 Å². The fraction of sp³-hybridized carbons (Fsp3) is 0.462. The van der Waals surface area contributed by atoms with Crippen molar-refractivity contribution in [2.45, 2.75) is 6.42 Å². The van der Waals surface area contributed by atoms with E-state index in [0.717, 1.165) is 12.2 Å². The summed E-state index contributed by atoms with van der Waals surface area (Å²) < 4.78 is 4.70. The zero-order chi connectivity index (χ0) is 13.0. The minimum atomic E-state index is -0.403. The van der Waals surface area contributed by atoms with Crippen LogP contribution in [0.15, 0.2) is 18.2 Å². The van der Waals surface area contributed by atoms with Crippen LogP contribution in [0, 0.1) is 5.92 Å². The molecule has 0 aromatic heterocycles. The molecular weight excluding hydrogens is 270 g/mol. The first-order chi connectivity index (χ1) is 8.70. The van der Waals surface area contributed by atoms with Crippen LogP contribution in [0.4, 0.5) is 5.69 Å². The van der Waals surface area contributed by atoms with E-state index >= 15 is 0 Å². The van der Waals surface area contributed by atoms with E-state index in [-0.39, 0.29) is 0 Å². The van der Waals surface area contributed by atoms with Gasteiger partial charge in [-0.15, -0.1) is 0 Å². The molecule has 0 radical (unpaired) electrons. The second-order valence-electron chi connectivity index (χ2n) is 4.30. The van der Waals surface area contributed by atoms with Gasteiger partial charge in [0.25, 0.3) is 0 Å². The fourth-order valence-electron chi connectivity index (χ4n) is 1.91. The largest absolute Gasteiger partial charge is 0.465 e. The van der Waals surface area contributed by atoms with Gasteiger partial charge in [-0.25, -0.2) is 4.79 Å². The Balaban J connectivity index is 2.02. The molecule has 1 aromatic rings. The molecule has 1 N–H and O–H groups in total. The smallest absolute Gasteiger partial charge is 0.339 e. The quantitative estimate of drug-likeness (QED) is 0.862. The highest BCUT2D eigenvalue weighted by molar-refractivity contribution is 7.99.